The summed E-state index contributed by atoms with van der Waals surface area (Å²) in [7, 11) is 1.48. The summed E-state index contributed by atoms with van der Waals surface area (Å²) in [5.41, 5.74) is -0.974. The summed E-state index contributed by atoms with van der Waals surface area (Å²) < 4.78 is 2.52. The third-order valence-electron chi connectivity index (χ3n) is 3.91. The first-order valence-electron chi connectivity index (χ1n) is 7.13. The van der Waals surface area contributed by atoms with Crippen LogP contribution in [0, 0.1) is 0 Å². The molecule has 0 saturated carbocycles. The minimum absolute atomic E-state index is 0.0758. The van der Waals surface area contributed by atoms with Gasteiger partial charge in [-0.15, -0.1) is 0 Å². The predicted octanol–water partition coefficient (Wildman–Crippen LogP) is -1.84. The van der Waals surface area contributed by atoms with E-state index in [1.807, 2.05) is 4.90 Å². The molecule has 0 amide bonds. The number of anilines is 1. The number of aromatic amines is 1. The van der Waals surface area contributed by atoms with Crippen molar-refractivity contribution in [3.05, 3.63) is 20.8 Å². The fourth-order valence-electron chi connectivity index (χ4n) is 2.84. The molecule has 0 radical (unpaired) electrons. The second-order valence-electron chi connectivity index (χ2n) is 5.41. The molecule has 2 aromatic heterocycles. The first kappa shape index (κ1) is 14.4. The zero-order valence-electron chi connectivity index (χ0n) is 12.2. The van der Waals surface area contributed by atoms with Crippen molar-refractivity contribution < 1.29 is 9.90 Å². The molecular formula is C13H16N5O4-. The number of aromatic nitrogens is 4. The molecule has 0 aliphatic carbocycles. The third kappa shape index (κ3) is 2.28. The monoisotopic (exact) mass is 306 g/mol. The molecule has 9 nitrogen and oxygen atoms in total. The van der Waals surface area contributed by atoms with Gasteiger partial charge in [-0.3, -0.25) is 18.9 Å². The van der Waals surface area contributed by atoms with Crippen LogP contribution in [0.1, 0.15) is 19.3 Å². The molecule has 3 rings (SSSR count). The maximum atomic E-state index is 12.1. The zero-order valence-corrected chi connectivity index (χ0v) is 12.2. The van der Waals surface area contributed by atoms with Gasteiger partial charge in [0.25, 0.3) is 5.56 Å². The fraction of sp³-hybridized carbons (Fsp3) is 0.538. The van der Waals surface area contributed by atoms with E-state index in [1.165, 1.54) is 16.2 Å². The first-order chi connectivity index (χ1) is 10.5. The lowest BCUT2D eigenvalue weighted by atomic mass is 10.1. The van der Waals surface area contributed by atoms with Crippen molar-refractivity contribution in [2.24, 2.45) is 7.05 Å². The number of hydrogen-bond donors (Lipinski definition) is 1. The highest BCUT2D eigenvalue weighted by molar-refractivity contribution is 5.77. The quantitative estimate of drug-likeness (QED) is 0.712. The topological polar surface area (TPSA) is 116 Å². The average Bonchev–Trinajstić information content (AvgIpc) is 2.85. The highest BCUT2D eigenvalue weighted by Crippen LogP contribution is 2.22. The van der Waals surface area contributed by atoms with Gasteiger partial charge in [0.05, 0.1) is 12.5 Å². The van der Waals surface area contributed by atoms with Crippen molar-refractivity contribution >= 4 is 23.1 Å². The maximum Gasteiger partial charge on any atom is 0.329 e. The van der Waals surface area contributed by atoms with Crippen molar-refractivity contribution in [1.82, 2.24) is 19.1 Å². The minimum atomic E-state index is -1.31. The summed E-state index contributed by atoms with van der Waals surface area (Å²) in [6.45, 7) is 0.994. The number of hydrogen-bond acceptors (Lipinski definition) is 6. The largest absolute Gasteiger partial charge is 0.548 e. The van der Waals surface area contributed by atoms with Gasteiger partial charge in [0.1, 0.15) is 0 Å². The van der Waals surface area contributed by atoms with E-state index < -0.39 is 23.8 Å². The number of piperidine rings is 1. The molecule has 22 heavy (non-hydrogen) atoms. The number of imidazole rings is 1. The molecule has 1 fully saturated rings. The van der Waals surface area contributed by atoms with E-state index in [9.17, 15) is 19.5 Å². The Kier molecular flexibility index (Phi) is 3.47. The number of nitrogens with zero attached hydrogens (tertiary/aromatic N) is 4. The highest BCUT2D eigenvalue weighted by Gasteiger charge is 2.22. The Morgan fingerprint density at radius 2 is 1.95 bits per heavy atom. The molecule has 0 spiro atoms. The minimum Gasteiger partial charge on any atom is -0.548 e. The standard InChI is InChI=1S/C13H17N5O4/c1-16-10-9(11(21)15-13(16)22)18(7-8(19)20)12(14-10)17-5-3-2-4-6-17/h2-7H2,1H3,(H,19,20)(H,15,21,22)/p-1. The van der Waals surface area contributed by atoms with Crippen molar-refractivity contribution in [2.45, 2.75) is 25.8 Å². The summed E-state index contributed by atoms with van der Waals surface area (Å²) in [6, 6.07) is 0. The molecule has 0 bridgehead atoms. The molecule has 2 aromatic rings. The summed E-state index contributed by atoms with van der Waals surface area (Å²) in [4.78, 5) is 43.3. The van der Waals surface area contributed by atoms with Gasteiger partial charge in [-0.25, -0.2) is 4.79 Å². The summed E-state index contributed by atoms with van der Waals surface area (Å²) in [5, 5.41) is 11.0. The Labute approximate surface area is 124 Å². The zero-order chi connectivity index (χ0) is 15.9. The molecule has 1 aliphatic rings. The van der Waals surface area contributed by atoms with E-state index in [4.69, 9.17) is 0 Å². The van der Waals surface area contributed by atoms with Crippen LogP contribution in [-0.4, -0.2) is 38.2 Å². The van der Waals surface area contributed by atoms with Crippen LogP contribution in [0.3, 0.4) is 0 Å². The van der Waals surface area contributed by atoms with Crippen LogP contribution in [0.5, 0.6) is 0 Å². The van der Waals surface area contributed by atoms with E-state index in [0.717, 1.165) is 32.4 Å². The summed E-state index contributed by atoms with van der Waals surface area (Å²) in [6.07, 6.45) is 3.06. The SMILES string of the molecule is Cn1c(=O)[nH]c(=O)c2c1nc(N1CCCCC1)n2CC(=O)[O-]. The number of aryl methyl sites for hydroxylation is 1. The lowest BCUT2D eigenvalue weighted by Crippen LogP contribution is -2.35. The fourth-order valence-corrected chi connectivity index (χ4v) is 2.84. The number of nitrogens with one attached hydrogen (secondary N) is 1. The number of H-pyrrole nitrogens is 1. The first-order valence-corrected chi connectivity index (χ1v) is 7.13. The molecular weight excluding hydrogens is 290 g/mol. The van der Waals surface area contributed by atoms with Crippen LogP contribution in [0.4, 0.5) is 5.95 Å². The summed E-state index contributed by atoms with van der Waals surface area (Å²) >= 11 is 0. The molecule has 1 saturated heterocycles. The maximum absolute atomic E-state index is 12.1. The highest BCUT2D eigenvalue weighted by atomic mass is 16.4. The van der Waals surface area contributed by atoms with Crippen molar-refractivity contribution in [2.75, 3.05) is 18.0 Å². The number of carbonyl (C=O) groups is 1. The normalized spacial score (nSPS) is 15.4. The number of fused-ring (bicyclic) bond motifs is 1. The Hall–Kier alpha value is -2.58. The third-order valence-corrected chi connectivity index (χ3v) is 3.91. The van der Waals surface area contributed by atoms with Crippen molar-refractivity contribution in [3.63, 3.8) is 0 Å². The molecule has 9 heteroatoms. The number of carboxylic acid groups (broad SMARTS) is 1. The summed E-state index contributed by atoms with van der Waals surface area (Å²) in [5.74, 6) is -0.920. The van der Waals surface area contributed by atoms with Gasteiger partial charge in [0.15, 0.2) is 11.2 Å². The Balaban J connectivity index is 2.28. The number of aliphatic carboxylic acids is 1. The predicted molar refractivity (Wildman–Crippen MR) is 76.7 cm³/mol. The van der Waals surface area contributed by atoms with E-state index in [2.05, 4.69) is 9.97 Å². The molecule has 0 aromatic carbocycles. The van der Waals surface area contributed by atoms with E-state index in [1.54, 1.807) is 0 Å². The van der Waals surface area contributed by atoms with Crippen LogP contribution in [-0.2, 0) is 18.4 Å². The van der Waals surface area contributed by atoms with Crippen LogP contribution in [0.25, 0.3) is 11.2 Å². The Bertz CT molecular complexity index is 840. The molecule has 1 aliphatic heterocycles. The van der Waals surface area contributed by atoms with E-state index >= 15 is 0 Å². The van der Waals surface area contributed by atoms with Gasteiger partial charge < -0.3 is 14.8 Å². The van der Waals surface area contributed by atoms with Gasteiger partial charge in [0, 0.05) is 20.1 Å². The van der Waals surface area contributed by atoms with Crippen molar-refractivity contribution in [1.29, 1.82) is 0 Å². The number of rotatable bonds is 3. The second kappa shape index (κ2) is 5.32. The molecule has 0 atom stereocenters. The average molecular weight is 306 g/mol. The number of carbonyl (C=O) groups excluding carboxylic acids is 1. The number of carboxylic acids is 1. The second-order valence-corrected chi connectivity index (χ2v) is 5.41. The Morgan fingerprint density at radius 3 is 2.59 bits per heavy atom. The van der Waals surface area contributed by atoms with Gasteiger partial charge in [0.2, 0.25) is 5.95 Å². The van der Waals surface area contributed by atoms with Gasteiger partial charge in [-0.05, 0) is 19.3 Å². The van der Waals surface area contributed by atoms with Crippen LogP contribution >= 0.6 is 0 Å². The lowest BCUT2D eigenvalue weighted by Gasteiger charge is -2.28. The molecule has 0 unspecified atom stereocenters. The van der Waals surface area contributed by atoms with Crippen LogP contribution in [0.2, 0.25) is 0 Å². The van der Waals surface area contributed by atoms with Crippen LogP contribution < -0.4 is 21.3 Å². The smallest absolute Gasteiger partial charge is 0.329 e. The van der Waals surface area contributed by atoms with Gasteiger partial charge in [-0.2, -0.15) is 4.98 Å². The van der Waals surface area contributed by atoms with Crippen LogP contribution in [0.15, 0.2) is 9.59 Å². The van der Waals surface area contributed by atoms with E-state index in [0.29, 0.717) is 5.95 Å². The molecule has 118 valence electrons. The Morgan fingerprint density at radius 1 is 1.27 bits per heavy atom. The molecule has 3 heterocycles. The van der Waals surface area contributed by atoms with Crippen molar-refractivity contribution in [3.8, 4) is 0 Å². The molecule has 1 N–H and O–H groups in total. The van der Waals surface area contributed by atoms with Gasteiger partial charge in [-0.1, -0.05) is 0 Å². The lowest BCUT2D eigenvalue weighted by molar-refractivity contribution is -0.306. The van der Waals surface area contributed by atoms with E-state index in [-0.39, 0.29) is 11.2 Å². The van der Waals surface area contributed by atoms with Gasteiger partial charge >= 0.3 is 5.69 Å².